The van der Waals surface area contributed by atoms with Gasteiger partial charge in [0.1, 0.15) is 5.02 Å². The first-order valence-electron chi connectivity index (χ1n) is 4.72. The van der Waals surface area contributed by atoms with E-state index in [4.69, 9.17) is 27.6 Å². The largest absolute Gasteiger partial charge is 0.462 e. The van der Waals surface area contributed by atoms with Crippen LogP contribution in [0.4, 0.5) is 0 Å². The van der Waals surface area contributed by atoms with Gasteiger partial charge < -0.3 is 9.73 Å². The number of hydrogen-bond acceptors (Lipinski definition) is 2. The first kappa shape index (κ1) is 10.8. The second-order valence-corrected chi connectivity index (χ2v) is 4.14. The molecular weight excluding hydrogens is 233 g/mol. The van der Waals surface area contributed by atoms with E-state index in [1.165, 1.54) is 0 Å². The summed E-state index contributed by atoms with van der Waals surface area (Å²) in [5.74, 6) is 0. The van der Waals surface area contributed by atoms with Crippen molar-refractivity contribution in [1.82, 2.24) is 5.32 Å². The third-order valence-electron chi connectivity index (χ3n) is 2.36. The minimum Gasteiger partial charge on any atom is -0.462 e. The fourth-order valence-corrected chi connectivity index (χ4v) is 1.91. The highest BCUT2D eigenvalue weighted by atomic mass is 35.5. The van der Waals surface area contributed by atoms with Gasteiger partial charge in [-0.2, -0.15) is 0 Å². The fourth-order valence-electron chi connectivity index (χ4n) is 1.55. The van der Waals surface area contributed by atoms with Crippen LogP contribution in [0.2, 0.25) is 10.0 Å². The van der Waals surface area contributed by atoms with Gasteiger partial charge in [0.2, 0.25) is 0 Å². The summed E-state index contributed by atoms with van der Waals surface area (Å²) in [6.07, 6.45) is 2.66. The van der Waals surface area contributed by atoms with Crippen LogP contribution in [-0.2, 0) is 6.42 Å². The van der Waals surface area contributed by atoms with Crippen molar-refractivity contribution in [2.75, 3.05) is 13.6 Å². The van der Waals surface area contributed by atoms with Crippen LogP contribution in [0.5, 0.6) is 0 Å². The first-order valence-corrected chi connectivity index (χ1v) is 5.48. The highest BCUT2D eigenvalue weighted by molar-refractivity contribution is 6.44. The number of nitrogens with one attached hydrogen (secondary N) is 1. The van der Waals surface area contributed by atoms with Crippen molar-refractivity contribution >= 4 is 34.2 Å². The maximum Gasteiger partial charge on any atom is 0.154 e. The number of likely N-dealkylation sites (N-methyl/N-ethyl adjacent to an activating group) is 1. The van der Waals surface area contributed by atoms with Crippen molar-refractivity contribution in [3.05, 3.63) is 34.0 Å². The van der Waals surface area contributed by atoms with Crippen LogP contribution in [0.3, 0.4) is 0 Å². The number of fused-ring (bicyclic) bond motifs is 1. The summed E-state index contributed by atoms with van der Waals surface area (Å²) in [6, 6.07) is 3.74. The van der Waals surface area contributed by atoms with E-state index in [1.807, 2.05) is 13.1 Å². The summed E-state index contributed by atoms with van der Waals surface area (Å²) in [4.78, 5) is 0. The lowest BCUT2D eigenvalue weighted by molar-refractivity contribution is 0.609. The Morgan fingerprint density at radius 1 is 1.33 bits per heavy atom. The van der Waals surface area contributed by atoms with Crippen molar-refractivity contribution in [2.24, 2.45) is 0 Å². The maximum absolute atomic E-state index is 6.03. The zero-order valence-electron chi connectivity index (χ0n) is 8.31. The molecule has 4 heteroatoms. The molecule has 2 nitrogen and oxygen atoms in total. The Hall–Kier alpha value is -0.700. The molecule has 0 unspecified atom stereocenters. The van der Waals surface area contributed by atoms with Gasteiger partial charge in [-0.05, 0) is 37.7 Å². The van der Waals surface area contributed by atoms with E-state index in [2.05, 4.69) is 5.32 Å². The summed E-state index contributed by atoms with van der Waals surface area (Å²) in [5, 5.41) is 5.15. The molecule has 0 bridgehead atoms. The molecule has 1 heterocycles. The number of benzene rings is 1. The molecule has 0 radical (unpaired) electrons. The Kier molecular flexibility index (Phi) is 3.19. The van der Waals surface area contributed by atoms with Gasteiger partial charge in [0.25, 0.3) is 0 Å². The molecule has 1 aromatic heterocycles. The summed E-state index contributed by atoms with van der Waals surface area (Å²) in [7, 11) is 1.92. The van der Waals surface area contributed by atoms with E-state index in [0.29, 0.717) is 15.6 Å². The molecule has 0 fully saturated rings. The van der Waals surface area contributed by atoms with Crippen LogP contribution in [0.25, 0.3) is 11.0 Å². The van der Waals surface area contributed by atoms with Crippen LogP contribution in [-0.4, -0.2) is 13.6 Å². The summed E-state index contributed by atoms with van der Waals surface area (Å²) >= 11 is 11.9. The van der Waals surface area contributed by atoms with Crippen LogP contribution in [0.15, 0.2) is 22.8 Å². The first-order chi connectivity index (χ1) is 7.24. The minimum absolute atomic E-state index is 0.491. The van der Waals surface area contributed by atoms with Crippen molar-refractivity contribution in [1.29, 1.82) is 0 Å². The van der Waals surface area contributed by atoms with E-state index in [0.717, 1.165) is 23.9 Å². The lowest BCUT2D eigenvalue weighted by Crippen LogP contribution is -2.09. The predicted molar refractivity (Wildman–Crippen MR) is 63.9 cm³/mol. The molecule has 0 saturated carbocycles. The van der Waals surface area contributed by atoms with Crippen molar-refractivity contribution in [3.8, 4) is 0 Å². The molecule has 0 aliphatic carbocycles. The Balaban J connectivity index is 2.47. The fraction of sp³-hybridized carbons (Fsp3) is 0.273. The molecule has 15 heavy (non-hydrogen) atoms. The Labute approximate surface area is 98.2 Å². The number of hydrogen-bond donors (Lipinski definition) is 1. The molecule has 1 aromatic carbocycles. The van der Waals surface area contributed by atoms with E-state index in [1.54, 1.807) is 12.3 Å². The Morgan fingerprint density at radius 2 is 2.13 bits per heavy atom. The maximum atomic E-state index is 6.03. The van der Waals surface area contributed by atoms with Gasteiger partial charge >= 0.3 is 0 Å². The van der Waals surface area contributed by atoms with Crippen molar-refractivity contribution < 1.29 is 4.42 Å². The van der Waals surface area contributed by atoms with E-state index in [9.17, 15) is 0 Å². The smallest absolute Gasteiger partial charge is 0.154 e. The molecule has 0 aliphatic heterocycles. The highest BCUT2D eigenvalue weighted by Gasteiger charge is 2.10. The van der Waals surface area contributed by atoms with Crippen molar-refractivity contribution in [2.45, 2.75) is 6.42 Å². The standard InChI is InChI=1S/C11H11Cl2NO/c1-14-5-4-7-6-15-11-8(7)2-3-9(12)10(11)13/h2-3,6,14H,4-5H2,1H3. The molecule has 0 saturated heterocycles. The van der Waals surface area contributed by atoms with Crippen LogP contribution in [0, 0.1) is 0 Å². The molecule has 0 spiro atoms. The summed E-state index contributed by atoms with van der Waals surface area (Å²) in [5.41, 5.74) is 1.83. The third kappa shape index (κ3) is 1.98. The van der Waals surface area contributed by atoms with E-state index < -0.39 is 0 Å². The molecule has 0 amide bonds. The van der Waals surface area contributed by atoms with Crippen LogP contribution in [0.1, 0.15) is 5.56 Å². The Bertz CT molecular complexity index is 479. The van der Waals surface area contributed by atoms with Crippen LogP contribution < -0.4 is 5.32 Å². The number of furan rings is 1. The van der Waals surface area contributed by atoms with Gasteiger partial charge in [0, 0.05) is 5.39 Å². The quantitative estimate of drug-likeness (QED) is 0.893. The number of halogens is 2. The minimum atomic E-state index is 0.491. The predicted octanol–water partition coefficient (Wildman–Crippen LogP) is 3.50. The van der Waals surface area contributed by atoms with Gasteiger partial charge in [0.05, 0.1) is 11.3 Å². The highest BCUT2D eigenvalue weighted by Crippen LogP contribution is 2.33. The topological polar surface area (TPSA) is 25.2 Å². The van der Waals surface area contributed by atoms with Gasteiger partial charge in [-0.1, -0.05) is 23.2 Å². The molecular formula is C11H11Cl2NO. The van der Waals surface area contributed by atoms with Gasteiger partial charge in [0.15, 0.2) is 5.58 Å². The van der Waals surface area contributed by atoms with Crippen molar-refractivity contribution in [3.63, 3.8) is 0 Å². The number of rotatable bonds is 3. The normalized spacial score (nSPS) is 11.1. The molecule has 1 N–H and O–H groups in total. The summed E-state index contributed by atoms with van der Waals surface area (Å²) < 4.78 is 5.41. The third-order valence-corrected chi connectivity index (χ3v) is 3.15. The van der Waals surface area contributed by atoms with Gasteiger partial charge in [-0.15, -0.1) is 0 Å². The lowest BCUT2D eigenvalue weighted by atomic mass is 10.1. The van der Waals surface area contributed by atoms with E-state index >= 15 is 0 Å². The SMILES string of the molecule is CNCCc1coc2c(Cl)c(Cl)ccc12. The van der Waals surface area contributed by atoms with Gasteiger partial charge in [-0.3, -0.25) is 0 Å². The zero-order valence-corrected chi connectivity index (χ0v) is 9.82. The molecule has 2 aromatic rings. The van der Waals surface area contributed by atoms with Gasteiger partial charge in [-0.25, -0.2) is 0 Å². The second kappa shape index (κ2) is 4.44. The zero-order chi connectivity index (χ0) is 10.8. The van der Waals surface area contributed by atoms with E-state index in [-0.39, 0.29) is 0 Å². The molecule has 2 rings (SSSR count). The monoisotopic (exact) mass is 243 g/mol. The second-order valence-electron chi connectivity index (χ2n) is 3.35. The Morgan fingerprint density at radius 3 is 2.87 bits per heavy atom. The average molecular weight is 244 g/mol. The lowest BCUT2D eigenvalue weighted by Gasteiger charge is -1.98. The molecule has 0 aliphatic rings. The molecule has 80 valence electrons. The molecule has 0 atom stereocenters. The van der Waals surface area contributed by atoms with Crippen LogP contribution >= 0.6 is 23.2 Å². The average Bonchev–Trinajstić information content (AvgIpc) is 2.64. The summed E-state index contributed by atoms with van der Waals surface area (Å²) in [6.45, 7) is 0.912.